The molecule has 0 fully saturated rings. The second kappa shape index (κ2) is 6.08. The molecule has 0 amide bonds. The zero-order chi connectivity index (χ0) is 10.4. The Bertz CT molecular complexity index is 265. The summed E-state index contributed by atoms with van der Waals surface area (Å²) >= 11 is 1.56. The van der Waals surface area contributed by atoms with E-state index in [-0.39, 0.29) is 12.7 Å². The molecular weight excluding hydrogens is 200 g/mol. The lowest BCUT2D eigenvalue weighted by molar-refractivity contribution is 0.0486. The number of rotatable bonds is 6. The van der Waals surface area contributed by atoms with Gasteiger partial charge in [-0.3, -0.25) is 0 Å². The SMILES string of the molecule is Cc1csc(C(CN)OCCCO)n1. The Morgan fingerprint density at radius 2 is 2.50 bits per heavy atom. The standard InChI is InChI=1S/C9H16N2O2S/c1-7-6-14-9(11-7)8(5-10)13-4-2-3-12/h6,8,12H,2-5,10H2,1H3. The van der Waals surface area contributed by atoms with Crippen molar-refractivity contribution in [2.45, 2.75) is 19.4 Å². The van der Waals surface area contributed by atoms with Crippen LogP contribution in [0.1, 0.15) is 23.2 Å². The summed E-state index contributed by atoms with van der Waals surface area (Å²) in [6, 6.07) is 0. The van der Waals surface area contributed by atoms with E-state index < -0.39 is 0 Å². The van der Waals surface area contributed by atoms with Gasteiger partial charge in [0.25, 0.3) is 0 Å². The molecule has 1 aromatic rings. The number of aryl methyl sites for hydroxylation is 1. The van der Waals surface area contributed by atoms with E-state index in [1.54, 1.807) is 11.3 Å². The molecule has 80 valence electrons. The average Bonchev–Trinajstić information content (AvgIpc) is 2.60. The predicted molar refractivity (Wildman–Crippen MR) is 56.3 cm³/mol. The zero-order valence-electron chi connectivity index (χ0n) is 8.27. The van der Waals surface area contributed by atoms with Gasteiger partial charge in [-0.15, -0.1) is 11.3 Å². The van der Waals surface area contributed by atoms with Crippen LogP contribution in [-0.2, 0) is 4.74 Å². The van der Waals surface area contributed by atoms with Gasteiger partial charge in [0, 0.05) is 30.8 Å². The molecule has 4 nitrogen and oxygen atoms in total. The second-order valence-electron chi connectivity index (χ2n) is 3.00. The van der Waals surface area contributed by atoms with E-state index in [4.69, 9.17) is 15.6 Å². The van der Waals surface area contributed by atoms with Crippen molar-refractivity contribution >= 4 is 11.3 Å². The Balaban J connectivity index is 2.45. The molecule has 14 heavy (non-hydrogen) atoms. The molecule has 0 saturated carbocycles. The van der Waals surface area contributed by atoms with Crippen molar-refractivity contribution in [2.75, 3.05) is 19.8 Å². The maximum atomic E-state index is 8.60. The first kappa shape index (κ1) is 11.6. The first-order chi connectivity index (χ1) is 6.77. The summed E-state index contributed by atoms with van der Waals surface area (Å²) in [5.74, 6) is 0. The summed E-state index contributed by atoms with van der Waals surface area (Å²) in [5, 5.41) is 11.5. The summed E-state index contributed by atoms with van der Waals surface area (Å²) in [4.78, 5) is 4.31. The molecule has 1 heterocycles. The Hall–Kier alpha value is -0.490. The van der Waals surface area contributed by atoms with Crippen LogP contribution in [0.3, 0.4) is 0 Å². The predicted octanol–water partition coefficient (Wildman–Crippen LogP) is 0.850. The molecule has 0 radical (unpaired) electrons. The van der Waals surface area contributed by atoms with Gasteiger partial charge in [0.1, 0.15) is 11.1 Å². The van der Waals surface area contributed by atoms with Crippen LogP contribution in [0, 0.1) is 6.92 Å². The molecule has 0 bridgehead atoms. The Morgan fingerprint density at radius 3 is 3.00 bits per heavy atom. The normalized spacial score (nSPS) is 13.1. The Kier molecular flexibility index (Phi) is 5.03. The molecule has 0 aliphatic carbocycles. The number of thiazole rings is 1. The van der Waals surface area contributed by atoms with Gasteiger partial charge in [0.15, 0.2) is 0 Å². The highest BCUT2D eigenvalue weighted by molar-refractivity contribution is 7.09. The van der Waals surface area contributed by atoms with Crippen LogP contribution in [0.4, 0.5) is 0 Å². The van der Waals surface area contributed by atoms with E-state index in [0.717, 1.165) is 10.7 Å². The first-order valence-electron chi connectivity index (χ1n) is 4.62. The molecular formula is C9H16N2O2S. The summed E-state index contributed by atoms with van der Waals surface area (Å²) in [7, 11) is 0. The van der Waals surface area contributed by atoms with Crippen molar-refractivity contribution in [3.05, 3.63) is 16.1 Å². The fourth-order valence-electron chi connectivity index (χ4n) is 1.05. The molecule has 0 aliphatic heterocycles. The number of aliphatic hydroxyl groups is 1. The fraction of sp³-hybridized carbons (Fsp3) is 0.667. The highest BCUT2D eigenvalue weighted by Crippen LogP contribution is 2.20. The van der Waals surface area contributed by atoms with E-state index in [2.05, 4.69) is 4.98 Å². The van der Waals surface area contributed by atoms with Crippen molar-refractivity contribution < 1.29 is 9.84 Å². The minimum absolute atomic E-state index is 0.125. The van der Waals surface area contributed by atoms with Gasteiger partial charge in [-0.1, -0.05) is 0 Å². The third-order valence-electron chi connectivity index (χ3n) is 1.75. The highest BCUT2D eigenvalue weighted by Gasteiger charge is 2.13. The van der Waals surface area contributed by atoms with E-state index in [1.165, 1.54) is 0 Å². The third kappa shape index (κ3) is 3.34. The molecule has 1 unspecified atom stereocenters. The number of aromatic nitrogens is 1. The third-order valence-corrected chi connectivity index (χ3v) is 2.80. The molecule has 0 aliphatic rings. The quantitative estimate of drug-likeness (QED) is 0.692. The number of ether oxygens (including phenoxy) is 1. The van der Waals surface area contributed by atoms with Crippen LogP contribution >= 0.6 is 11.3 Å². The van der Waals surface area contributed by atoms with Gasteiger partial charge in [0.2, 0.25) is 0 Å². The van der Waals surface area contributed by atoms with Gasteiger partial charge in [-0.2, -0.15) is 0 Å². The van der Waals surface area contributed by atoms with Crippen molar-refractivity contribution in [3.63, 3.8) is 0 Å². The molecule has 1 atom stereocenters. The van der Waals surface area contributed by atoms with Crippen molar-refractivity contribution in [2.24, 2.45) is 5.73 Å². The summed E-state index contributed by atoms with van der Waals surface area (Å²) in [5.41, 5.74) is 6.57. The Morgan fingerprint density at radius 1 is 1.71 bits per heavy atom. The monoisotopic (exact) mass is 216 g/mol. The molecule has 0 aromatic carbocycles. The van der Waals surface area contributed by atoms with Crippen LogP contribution in [0.2, 0.25) is 0 Å². The number of nitrogens with two attached hydrogens (primary N) is 1. The molecule has 5 heteroatoms. The van der Waals surface area contributed by atoms with Crippen LogP contribution in [0.25, 0.3) is 0 Å². The van der Waals surface area contributed by atoms with Gasteiger partial charge < -0.3 is 15.6 Å². The number of hydrogen-bond donors (Lipinski definition) is 2. The topological polar surface area (TPSA) is 68.4 Å². The van der Waals surface area contributed by atoms with Gasteiger partial charge in [0.05, 0.1) is 0 Å². The number of aliphatic hydroxyl groups excluding tert-OH is 1. The molecule has 0 saturated heterocycles. The van der Waals surface area contributed by atoms with E-state index in [0.29, 0.717) is 19.6 Å². The van der Waals surface area contributed by atoms with Crippen LogP contribution in [-0.4, -0.2) is 29.8 Å². The van der Waals surface area contributed by atoms with Crippen molar-refractivity contribution in [3.8, 4) is 0 Å². The van der Waals surface area contributed by atoms with Crippen LogP contribution < -0.4 is 5.73 Å². The van der Waals surface area contributed by atoms with Gasteiger partial charge in [-0.05, 0) is 13.3 Å². The van der Waals surface area contributed by atoms with Crippen molar-refractivity contribution in [1.29, 1.82) is 0 Å². The maximum absolute atomic E-state index is 8.60. The number of nitrogens with zero attached hydrogens (tertiary/aromatic N) is 1. The summed E-state index contributed by atoms with van der Waals surface area (Å²) < 4.78 is 5.49. The fourth-order valence-corrected chi connectivity index (χ4v) is 1.91. The zero-order valence-corrected chi connectivity index (χ0v) is 9.09. The number of hydrogen-bond acceptors (Lipinski definition) is 5. The minimum atomic E-state index is -0.125. The maximum Gasteiger partial charge on any atom is 0.123 e. The average molecular weight is 216 g/mol. The lowest BCUT2D eigenvalue weighted by atomic mass is 10.3. The molecule has 1 aromatic heterocycles. The lowest BCUT2D eigenvalue weighted by Crippen LogP contribution is -2.16. The first-order valence-corrected chi connectivity index (χ1v) is 5.50. The second-order valence-corrected chi connectivity index (χ2v) is 3.89. The van der Waals surface area contributed by atoms with Crippen molar-refractivity contribution in [1.82, 2.24) is 4.98 Å². The van der Waals surface area contributed by atoms with E-state index in [9.17, 15) is 0 Å². The van der Waals surface area contributed by atoms with E-state index in [1.807, 2.05) is 12.3 Å². The summed E-state index contributed by atoms with van der Waals surface area (Å²) in [6.45, 7) is 3.05. The van der Waals surface area contributed by atoms with Crippen LogP contribution in [0.15, 0.2) is 5.38 Å². The van der Waals surface area contributed by atoms with E-state index >= 15 is 0 Å². The van der Waals surface area contributed by atoms with Crippen LogP contribution in [0.5, 0.6) is 0 Å². The van der Waals surface area contributed by atoms with Gasteiger partial charge in [-0.25, -0.2) is 4.98 Å². The summed E-state index contributed by atoms with van der Waals surface area (Å²) in [6.07, 6.45) is 0.515. The lowest BCUT2D eigenvalue weighted by Gasteiger charge is -2.12. The minimum Gasteiger partial charge on any atom is -0.396 e. The molecule has 1 rings (SSSR count). The van der Waals surface area contributed by atoms with Gasteiger partial charge >= 0.3 is 0 Å². The molecule has 3 N–H and O–H groups in total. The molecule has 0 spiro atoms. The highest BCUT2D eigenvalue weighted by atomic mass is 32.1. The smallest absolute Gasteiger partial charge is 0.123 e. The Labute approximate surface area is 87.7 Å². The largest absolute Gasteiger partial charge is 0.396 e.